The van der Waals surface area contributed by atoms with Gasteiger partial charge in [-0.1, -0.05) is 42.1 Å². The van der Waals surface area contributed by atoms with Crippen molar-refractivity contribution in [3.8, 4) is 0 Å². The Kier molecular flexibility index (Phi) is 7.65. The van der Waals surface area contributed by atoms with Crippen LogP contribution in [0.25, 0.3) is 0 Å². The van der Waals surface area contributed by atoms with Crippen LogP contribution in [-0.2, 0) is 26.2 Å². The number of amides is 2. The molecule has 0 bridgehead atoms. The molecule has 2 aromatic heterocycles. The smallest absolute Gasteiger partial charge is 0.359 e. The van der Waals surface area contributed by atoms with Gasteiger partial charge in [0.15, 0.2) is 5.69 Å². The summed E-state index contributed by atoms with van der Waals surface area (Å²) in [5.41, 5.74) is -0.0299. The molecule has 5 rings (SSSR count). The van der Waals surface area contributed by atoms with Crippen LogP contribution >= 0.6 is 23.5 Å². The molecular formula is C23H20N8O7S2. The monoisotopic (exact) mass is 584 g/mol. The van der Waals surface area contributed by atoms with Crippen LogP contribution in [0.1, 0.15) is 22.2 Å². The van der Waals surface area contributed by atoms with Crippen molar-refractivity contribution in [1.82, 2.24) is 40.6 Å². The van der Waals surface area contributed by atoms with E-state index in [-0.39, 0.29) is 17.1 Å². The highest BCUT2D eigenvalue weighted by Gasteiger charge is 2.54. The van der Waals surface area contributed by atoms with Crippen molar-refractivity contribution in [2.75, 3.05) is 11.5 Å². The van der Waals surface area contributed by atoms with E-state index in [1.165, 1.54) is 28.2 Å². The molecule has 2 amide bonds. The van der Waals surface area contributed by atoms with Crippen LogP contribution < -0.4 is 10.9 Å². The first-order valence-electron chi connectivity index (χ1n) is 11.6. The molecule has 1 unspecified atom stereocenters. The molecule has 0 spiro atoms. The lowest BCUT2D eigenvalue weighted by atomic mass is 10.0. The SMILES string of the molecule is Cn1nnnc1SCC1=C(C(=O)O)N2C(=O)[C@@H](NC(=O)C(OC(=O)c3ccc(=O)[nH]n3)c3ccccc3)[C@@H]2SC1. The molecule has 0 aliphatic carbocycles. The number of aryl methyl sites for hydroxylation is 1. The highest BCUT2D eigenvalue weighted by molar-refractivity contribution is 8.01. The predicted octanol–water partition coefficient (Wildman–Crippen LogP) is -0.278. The summed E-state index contributed by atoms with van der Waals surface area (Å²) in [6, 6.07) is 9.36. The van der Waals surface area contributed by atoms with Gasteiger partial charge in [0.2, 0.25) is 11.3 Å². The Hall–Kier alpha value is -4.51. The Morgan fingerprint density at radius 3 is 2.65 bits per heavy atom. The highest BCUT2D eigenvalue weighted by Crippen LogP contribution is 2.41. The third-order valence-electron chi connectivity index (χ3n) is 5.96. The number of carbonyl (C=O) groups is 4. The van der Waals surface area contributed by atoms with Gasteiger partial charge in [0, 0.05) is 30.2 Å². The Balaban J connectivity index is 1.32. The van der Waals surface area contributed by atoms with Gasteiger partial charge in [0.1, 0.15) is 17.1 Å². The standard InChI is InChI=1S/C23H20N8O7S2/c1-30-23(27-28-29-30)40-10-12-9-39-20-15(19(34)31(20)16(12)21(35)36)24-18(33)17(11-5-3-2-4-6-11)38-22(37)13-7-8-14(32)26-25-13/h2-8,15,17,20H,9-10H2,1H3,(H,24,33)(H,26,32)(H,35,36)/t15-,17?,20+/m1/s1. The number of thioether (sulfide) groups is 2. The first kappa shape index (κ1) is 27.1. The van der Waals surface area contributed by atoms with Crippen molar-refractivity contribution in [3.05, 3.63) is 75.3 Å². The molecule has 4 heterocycles. The first-order chi connectivity index (χ1) is 19.2. The number of hydrogen-bond acceptors (Lipinski definition) is 12. The average Bonchev–Trinajstić information content (AvgIpc) is 3.37. The Morgan fingerprint density at radius 1 is 1.23 bits per heavy atom. The second kappa shape index (κ2) is 11.3. The quantitative estimate of drug-likeness (QED) is 0.169. The number of aliphatic carboxylic acids is 1. The molecule has 0 radical (unpaired) electrons. The Labute approximate surface area is 233 Å². The average molecular weight is 585 g/mol. The molecule has 3 N–H and O–H groups in total. The lowest BCUT2D eigenvalue weighted by Gasteiger charge is -2.49. The fourth-order valence-corrected chi connectivity index (χ4v) is 6.38. The van der Waals surface area contributed by atoms with Gasteiger partial charge in [0.25, 0.3) is 17.4 Å². The van der Waals surface area contributed by atoms with Gasteiger partial charge in [-0.05, 0) is 22.1 Å². The van der Waals surface area contributed by atoms with Gasteiger partial charge < -0.3 is 15.2 Å². The molecule has 17 heteroatoms. The number of esters is 1. The molecule has 2 aliphatic rings. The van der Waals surface area contributed by atoms with Crippen LogP contribution in [0.4, 0.5) is 0 Å². The van der Waals surface area contributed by atoms with Gasteiger partial charge in [-0.15, -0.1) is 16.9 Å². The molecule has 2 aliphatic heterocycles. The third-order valence-corrected chi connectivity index (χ3v) is 8.39. The molecule has 40 heavy (non-hydrogen) atoms. The number of aromatic amines is 1. The van der Waals surface area contributed by atoms with Crippen LogP contribution in [0.2, 0.25) is 0 Å². The fourth-order valence-electron chi connectivity index (χ4n) is 4.04. The number of ether oxygens (including phenoxy) is 1. The lowest BCUT2D eigenvalue weighted by molar-refractivity contribution is -0.151. The van der Waals surface area contributed by atoms with Crippen LogP contribution in [0.5, 0.6) is 0 Å². The number of carbonyl (C=O) groups excluding carboxylic acids is 3. The van der Waals surface area contributed by atoms with Crippen molar-refractivity contribution in [1.29, 1.82) is 0 Å². The van der Waals surface area contributed by atoms with E-state index in [0.717, 1.165) is 17.0 Å². The molecule has 1 aromatic carbocycles. The Morgan fingerprint density at radius 2 is 2.00 bits per heavy atom. The zero-order chi connectivity index (χ0) is 28.4. The number of carboxylic acid groups (broad SMARTS) is 1. The van der Waals surface area contributed by atoms with Crippen molar-refractivity contribution in [3.63, 3.8) is 0 Å². The molecule has 3 aromatic rings. The number of fused-ring (bicyclic) bond motifs is 1. The molecule has 206 valence electrons. The predicted molar refractivity (Wildman–Crippen MR) is 139 cm³/mol. The van der Waals surface area contributed by atoms with Gasteiger partial charge >= 0.3 is 11.9 Å². The number of benzene rings is 1. The van der Waals surface area contributed by atoms with Crippen molar-refractivity contribution in [2.45, 2.75) is 22.7 Å². The molecule has 15 nitrogen and oxygen atoms in total. The third kappa shape index (κ3) is 5.32. The van der Waals surface area contributed by atoms with E-state index in [2.05, 4.69) is 31.0 Å². The second-order valence-corrected chi connectivity index (χ2v) is 10.6. The minimum absolute atomic E-state index is 0.142. The summed E-state index contributed by atoms with van der Waals surface area (Å²) in [6.07, 6.45) is -1.45. The Bertz CT molecular complexity index is 1550. The van der Waals surface area contributed by atoms with E-state index in [4.69, 9.17) is 4.74 Å². The molecule has 3 atom stereocenters. The van der Waals surface area contributed by atoms with E-state index in [0.29, 0.717) is 22.0 Å². The fraction of sp³-hybridized carbons (Fsp3) is 0.261. The van der Waals surface area contributed by atoms with E-state index in [9.17, 15) is 29.1 Å². The van der Waals surface area contributed by atoms with Crippen molar-refractivity contribution >= 4 is 47.3 Å². The zero-order valence-electron chi connectivity index (χ0n) is 20.6. The van der Waals surface area contributed by atoms with Crippen LogP contribution in [0.3, 0.4) is 0 Å². The van der Waals surface area contributed by atoms with E-state index < -0.39 is 46.8 Å². The summed E-state index contributed by atoms with van der Waals surface area (Å²) < 4.78 is 6.88. The first-order valence-corrected chi connectivity index (χ1v) is 13.6. The van der Waals surface area contributed by atoms with Crippen molar-refractivity contribution in [2.24, 2.45) is 7.05 Å². The number of carboxylic acids is 1. The maximum Gasteiger partial charge on any atom is 0.359 e. The number of tetrazole rings is 1. The minimum atomic E-state index is -1.45. The molecule has 0 saturated carbocycles. The molecular weight excluding hydrogens is 564 g/mol. The van der Waals surface area contributed by atoms with Gasteiger partial charge in [-0.3, -0.25) is 19.3 Å². The van der Waals surface area contributed by atoms with E-state index >= 15 is 0 Å². The minimum Gasteiger partial charge on any atom is -0.477 e. The summed E-state index contributed by atoms with van der Waals surface area (Å²) in [6.45, 7) is 0. The van der Waals surface area contributed by atoms with Crippen LogP contribution in [0.15, 0.2) is 63.7 Å². The van der Waals surface area contributed by atoms with E-state index in [1.54, 1.807) is 37.4 Å². The van der Waals surface area contributed by atoms with Crippen LogP contribution in [-0.4, -0.2) is 87.1 Å². The number of nitrogens with one attached hydrogen (secondary N) is 2. The highest BCUT2D eigenvalue weighted by atomic mass is 32.2. The van der Waals surface area contributed by atoms with Crippen LogP contribution in [0, 0.1) is 0 Å². The summed E-state index contributed by atoms with van der Waals surface area (Å²) in [5, 5.41) is 29.2. The number of H-pyrrole nitrogens is 1. The number of aromatic nitrogens is 6. The number of nitrogens with zero attached hydrogens (tertiary/aromatic N) is 6. The zero-order valence-corrected chi connectivity index (χ0v) is 22.2. The number of hydrogen-bond donors (Lipinski definition) is 3. The summed E-state index contributed by atoms with van der Waals surface area (Å²) in [4.78, 5) is 63.7. The summed E-state index contributed by atoms with van der Waals surface area (Å²) in [5.74, 6) is -3.06. The van der Waals surface area contributed by atoms with Gasteiger partial charge in [-0.2, -0.15) is 5.10 Å². The van der Waals surface area contributed by atoms with Gasteiger partial charge in [-0.25, -0.2) is 19.4 Å². The normalized spacial score (nSPS) is 18.9. The maximum atomic E-state index is 13.3. The number of rotatable bonds is 9. The molecule has 1 saturated heterocycles. The molecule has 1 fully saturated rings. The summed E-state index contributed by atoms with van der Waals surface area (Å²) >= 11 is 2.54. The maximum absolute atomic E-state index is 13.3. The topological polar surface area (TPSA) is 202 Å². The lowest BCUT2D eigenvalue weighted by Crippen LogP contribution is -2.71. The largest absolute Gasteiger partial charge is 0.477 e. The second-order valence-electron chi connectivity index (χ2n) is 8.53. The van der Waals surface area contributed by atoms with E-state index in [1.807, 2.05) is 0 Å². The number of β-lactam (4-membered cyclic amide) rings is 1. The van der Waals surface area contributed by atoms with Gasteiger partial charge in [0.05, 0.1) is 0 Å². The summed E-state index contributed by atoms with van der Waals surface area (Å²) in [7, 11) is 1.66. The van der Waals surface area contributed by atoms with Crippen molar-refractivity contribution < 1.29 is 29.0 Å².